The van der Waals surface area contributed by atoms with Crippen LogP contribution in [0.5, 0.6) is 0 Å². The van der Waals surface area contributed by atoms with Crippen LogP contribution in [-0.2, 0) is 4.74 Å². The van der Waals surface area contributed by atoms with Crippen molar-refractivity contribution < 1.29 is 9.53 Å². The van der Waals surface area contributed by atoms with Crippen molar-refractivity contribution in [3.63, 3.8) is 0 Å². The molecule has 1 saturated heterocycles. The van der Waals surface area contributed by atoms with Crippen LogP contribution in [-0.4, -0.2) is 42.8 Å². The van der Waals surface area contributed by atoms with Gasteiger partial charge in [0.05, 0.1) is 0 Å². The number of nitrogens with two attached hydrogens (primary N) is 2. The number of carbonyl (C=O) groups is 1. The quantitative estimate of drug-likeness (QED) is 0.881. The molecule has 5 nitrogen and oxygen atoms in total. The van der Waals surface area contributed by atoms with Gasteiger partial charge in [-0.3, -0.25) is 0 Å². The molecule has 0 radical (unpaired) electrons. The first kappa shape index (κ1) is 16.1. The highest BCUT2D eigenvalue weighted by atomic mass is 16.6. The fourth-order valence-electron chi connectivity index (χ4n) is 4.01. The molecular formula is C20H23N3O2. The van der Waals surface area contributed by atoms with Gasteiger partial charge in [-0.2, -0.15) is 0 Å². The van der Waals surface area contributed by atoms with Crippen LogP contribution in [0.2, 0.25) is 0 Å². The number of hydrogen-bond acceptors (Lipinski definition) is 4. The highest BCUT2D eigenvalue weighted by Gasteiger charge is 2.31. The Balaban J connectivity index is 1.50. The van der Waals surface area contributed by atoms with E-state index in [9.17, 15) is 4.79 Å². The molecule has 2 aromatic rings. The van der Waals surface area contributed by atoms with E-state index in [-0.39, 0.29) is 24.1 Å². The highest BCUT2D eigenvalue weighted by Crippen LogP contribution is 2.44. The second-order valence-corrected chi connectivity index (χ2v) is 6.96. The zero-order valence-corrected chi connectivity index (χ0v) is 14.1. The first-order chi connectivity index (χ1) is 12.1. The van der Waals surface area contributed by atoms with Crippen LogP contribution in [0.4, 0.5) is 4.79 Å². The average molecular weight is 337 g/mol. The van der Waals surface area contributed by atoms with E-state index in [2.05, 4.69) is 24.3 Å². The van der Waals surface area contributed by atoms with E-state index in [4.69, 9.17) is 16.2 Å². The molecule has 4 rings (SSSR count). The van der Waals surface area contributed by atoms with Crippen LogP contribution in [0.25, 0.3) is 11.1 Å². The predicted octanol–water partition coefficient (Wildman–Crippen LogP) is 2.30. The maximum atomic E-state index is 12.5. The molecule has 1 fully saturated rings. The average Bonchev–Trinajstić information content (AvgIpc) is 2.93. The minimum atomic E-state index is -0.326. The Labute approximate surface area is 147 Å². The molecule has 0 spiro atoms. The minimum absolute atomic E-state index is 0.0727. The molecule has 2 atom stereocenters. The second kappa shape index (κ2) is 6.50. The van der Waals surface area contributed by atoms with Crippen molar-refractivity contribution in [2.24, 2.45) is 11.5 Å². The summed E-state index contributed by atoms with van der Waals surface area (Å²) in [6, 6.07) is 16.5. The van der Waals surface area contributed by atoms with Gasteiger partial charge in [0.15, 0.2) is 0 Å². The lowest BCUT2D eigenvalue weighted by Gasteiger charge is -2.34. The van der Waals surface area contributed by atoms with Gasteiger partial charge < -0.3 is 21.1 Å². The molecule has 0 bridgehead atoms. The van der Waals surface area contributed by atoms with Crippen molar-refractivity contribution in [1.82, 2.24) is 4.90 Å². The first-order valence-electron chi connectivity index (χ1n) is 8.74. The van der Waals surface area contributed by atoms with Gasteiger partial charge in [0, 0.05) is 31.1 Å². The fraction of sp³-hybridized carbons (Fsp3) is 0.350. The molecule has 130 valence electrons. The summed E-state index contributed by atoms with van der Waals surface area (Å²) in [5.41, 5.74) is 16.8. The van der Waals surface area contributed by atoms with Crippen molar-refractivity contribution in [1.29, 1.82) is 0 Å². The molecule has 1 aliphatic carbocycles. The standard InChI is InChI=1S/C20H23N3O2/c21-13-9-14(22)11-23(10-13)20(24)25-12-19-17-7-3-1-5-15(17)16-6-2-4-8-18(16)19/h1-8,13-14,19H,9-12,21-22H2/t13-,14+. The number of carbonyl (C=O) groups excluding carboxylic acids is 1. The zero-order chi connectivity index (χ0) is 17.4. The summed E-state index contributed by atoms with van der Waals surface area (Å²) in [7, 11) is 0. The van der Waals surface area contributed by atoms with E-state index in [1.165, 1.54) is 22.3 Å². The molecule has 1 aliphatic heterocycles. The SMILES string of the molecule is N[C@@H]1C[C@H](N)CN(C(=O)OCC2c3ccccc3-c3ccccc32)C1. The van der Waals surface area contributed by atoms with Gasteiger partial charge in [-0.25, -0.2) is 4.79 Å². The van der Waals surface area contributed by atoms with Crippen LogP contribution < -0.4 is 11.5 Å². The summed E-state index contributed by atoms with van der Waals surface area (Å²) >= 11 is 0. The molecule has 2 aromatic carbocycles. The number of piperidine rings is 1. The van der Waals surface area contributed by atoms with Crippen LogP contribution in [0.1, 0.15) is 23.5 Å². The van der Waals surface area contributed by atoms with Crippen molar-refractivity contribution in [2.75, 3.05) is 19.7 Å². The first-order valence-corrected chi connectivity index (χ1v) is 8.74. The maximum absolute atomic E-state index is 12.5. The Kier molecular flexibility index (Phi) is 4.19. The van der Waals surface area contributed by atoms with Crippen LogP contribution in [0.3, 0.4) is 0 Å². The Bertz CT molecular complexity index is 737. The molecule has 0 aromatic heterocycles. The lowest BCUT2D eigenvalue weighted by Crippen LogP contribution is -2.54. The third-order valence-corrected chi connectivity index (χ3v) is 5.11. The molecule has 1 amide bonds. The molecule has 5 heteroatoms. The molecular weight excluding hydrogens is 314 g/mol. The number of rotatable bonds is 2. The smallest absolute Gasteiger partial charge is 0.409 e. The van der Waals surface area contributed by atoms with Gasteiger partial charge in [-0.05, 0) is 28.7 Å². The van der Waals surface area contributed by atoms with Gasteiger partial charge in [0.1, 0.15) is 6.61 Å². The Hall–Kier alpha value is -2.37. The van der Waals surface area contributed by atoms with E-state index >= 15 is 0 Å². The van der Waals surface area contributed by atoms with E-state index in [0.717, 1.165) is 6.42 Å². The lowest BCUT2D eigenvalue weighted by molar-refractivity contribution is 0.0859. The molecule has 0 saturated carbocycles. The van der Waals surface area contributed by atoms with Crippen molar-refractivity contribution in [3.8, 4) is 11.1 Å². The summed E-state index contributed by atoms with van der Waals surface area (Å²) in [5, 5.41) is 0. The van der Waals surface area contributed by atoms with E-state index in [1.54, 1.807) is 4.90 Å². The Morgan fingerprint density at radius 2 is 1.48 bits per heavy atom. The monoisotopic (exact) mass is 337 g/mol. The van der Waals surface area contributed by atoms with Gasteiger partial charge in [-0.1, -0.05) is 48.5 Å². The topological polar surface area (TPSA) is 81.6 Å². The van der Waals surface area contributed by atoms with Crippen LogP contribution in [0, 0.1) is 0 Å². The van der Waals surface area contributed by atoms with Crippen molar-refractivity contribution in [3.05, 3.63) is 59.7 Å². The number of nitrogens with zero attached hydrogens (tertiary/aromatic N) is 1. The number of fused-ring (bicyclic) bond motifs is 3. The third-order valence-electron chi connectivity index (χ3n) is 5.11. The largest absolute Gasteiger partial charge is 0.448 e. The molecule has 0 unspecified atom stereocenters. The summed E-state index contributed by atoms with van der Waals surface area (Å²) in [6.07, 6.45) is 0.417. The Morgan fingerprint density at radius 3 is 2.04 bits per heavy atom. The normalized spacial score (nSPS) is 22.4. The van der Waals surface area contributed by atoms with Crippen LogP contribution >= 0.6 is 0 Å². The number of amides is 1. The number of hydrogen-bond donors (Lipinski definition) is 2. The lowest BCUT2D eigenvalue weighted by atomic mass is 9.98. The van der Waals surface area contributed by atoms with Gasteiger partial charge in [0.2, 0.25) is 0 Å². The van der Waals surface area contributed by atoms with Crippen molar-refractivity contribution >= 4 is 6.09 Å². The summed E-state index contributed by atoms with van der Waals surface area (Å²) in [4.78, 5) is 14.1. The van der Waals surface area contributed by atoms with E-state index in [1.807, 2.05) is 24.3 Å². The molecule has 1 heterocycles. The molecule has 25 heavy (non-hydrogen) atoms. The van der Waals surface area contributed by atoms with E-state index in [0.29, 0.717) is 19.7 Å². The fourth-order valence-corrected chi connectivity index (χ4v) is 4.01. The van der Waals surface area contributed by atoms with Gasteiger partial charge in [-0.15, -0.1) is 0 Å². The number of likely N-dealkylation sites (tertiary alicyclic amines) is 1. The summed E-state index contributed by atoms with van der Waals surface area (Å²) < 4.78 is 5.65. The molecule has 2 aliphatic rings. The van der Waals surface area contributed by atoms with E-state index < -0.39 is 0 Å². The second-order valence-electron chi connectivity index (χ2n) is 6.96. The summed E-state index contributed by atoms with van der Waals surface area (Å²) in [5.74, 6) is 0.0727. The molecule has 4 N–H and O–H groups in total. The van der Waals surface area contributed by atoms with Gasteiger partial charge in [0.25, 0.3) is 0 Å². The minimum Gasteiger partial charge on any atom is -0.448 e. The Morgan fingerprint density at radius 1 is 0.960 bits per heavy atom. The third kappa shape index (κ3) is 3.01. The number of benzene rings is 2. The van der Waals surface area contributed by atoms with Crippen LogP contribution in [0.15, 0.2) is 48.5 Å². The van der Waals surface area contributed by atoms with Gasteiger partial charge >= 0.3 is 6.09 Å². The highest BCUT2D eigenvalue weighted by molar-refractivity contribution is 5.79. The zero-order valence-electron chi connectivity index (χ0n) is 14.1. The number of ether oxygens (including phenoxy) is 1. The summed E-state index contributed by atoms with van der Waals surface area (Å²) in [6.45, 7) is 1.34. The maximum Gasteiger partial charge on any atom is 0.409 e. The van der Waals surface area contributed by atoms with Crippen molar-refractivity contribution in [2.45, 2.75) is 24.4 Å². The predicted molar refractivity (Wildman–Crippen MR) is 97.2 cm³/mol.